The average Bonchev–Trinajstić information content (AvgIpc) is 3.26. The highest BCUT2D eigenvalue weighted by Crippen LogP contribution is 2.42. The molecule has 0 saturated heterocycles. The Kier molecular flexibility index (Phi) is 4.65. The molecule has 2 aromatic rings. The van der Waals surface area contributed by atoms with Gasteiger partial charge in [-0.25, -0.2) is 0 Å². The van der Waals surface area contributed by atoms with Crippen LogP contribution in [0.3, 0.4) is 0 Å². The van der Waals surface area contributed by atoms with Crippen molar-refractivity contribution in [2.75, 3.05) is 11.6 Å². The number of fused-ring (bicyclic) bond motifs is 2. The summed E-state index contributed by atoms with van der Waals surface area (Å²) in [5.74, 6) is 0.516. The molecule has 2 aromatic carbocycles. The van der Waals surface area contributed by atoms with Gasteiger partial charge in [-0.1, -0.05) is 45.0 Å². The Morgan fingerprint density at radius 3 is 2.04 bits per heavy atom. The summed E-state index contributed by atoms with van der Waals surface area (Å²) >= 11 is 0. The second kappa shape index (κ2) is 6.65. The zero-order valence-corrected chi connectivity index (χ0v) is 19.4. The van der Waals surface area contributed by atoms with Crippen molar-refractivity contribution in [2.45, 2.75) is 77.8 Å². The molecule has 0 heterocycles. The maximum atomic E-state index is 11.3. The molecule has 3 heteroatoms. The van der Waals surface area contributed by atoms with Gasteiger partial charge < -0.3 is 9.67 Å². The minimum atomic E-state index is -2.08. The Morgan fingerprint density at radius 1 is 0.929 bits per heavy atom. The molecule has 2 aliphatic carbocycles. The first-order chi connectivity index (χ1) is 13.1. The zero-order chi connectivity index (χ0) is 20.3. The summed E-state index contributed by atoms with van der Waals surface area (Å²) in [7, 11) is 0.213. The zero-order valence-electron chi connectivity index (χ0n) is 18.4. The van der Waals surface area contributed by atoms with Crippen LogP contribution in [0.15, 0.2) is 24.3 Å². The molecule has 0 radical (unpaired) electrons. The Morgan fingerprint density at radius 2 is 1.50 bits per heavy atom. The minimum absolute atomic E-state index is 0.0572. The van der Waals surface area contributed by atoms with E-state index in [1.54, 1.807) is 22.3 Å². The molecule has 0 atom stereocenters. The third kappa shape index (κ3) is 2.99. The number of phenols is 1. The largest absolute Gasteiger partial charge is 0.508 e. The van der Waals surface area contributed by atoms with E-state index < -0.39 is 8.24 Å². The molecule has 0 aliphatic heterocycles. The number of rotatable bonds is 3. The molecule has 0 bridgehead atoms. The van der Waals surface area contributed by atoms with Gasteiger partial charge in [0, 0.05) is 10.9 Å². The van der Waals surface area contributed by atoms with Gasteiger partial charge in [-0.3, -0.25) is 0 Å². The quantitative estimate of drug-likeness (QED) is 0.723. The topological polar surface area (TPSA) is 23.5 Å². The lowest BCUT2D eigenvalue weighted by Gasteiger charge is -2.39. The van der Waals surface area contributed by atoms with Gasteiger partial charge in [-0.2, -0.15) is 0 Å². The van der Waals surface area contributed by atoms with Gasteiger partial charge in [-0.15, -0.1) is 0 Å². The monoisotopic (exact) mass is 393 g/mol. The van der Waals surface area contributed by atoms with Gasteiger partial charge in [0.1, 0.15) is 5.75 Å². The van der Waals surface area contributed by atoms with Crippen molar-refractivity contribution in [1.29, 1.82) is 0 Å². The van der Waals surface area contributed by atoms with Crippen molar-refractivity contribution < 1.29 is 5.11 Å². The van der Waals surface area contributed by atoms with Gasteiger partial charge in [0.15, 0.2) is 8.24 Å². The standard InChI is InChI=1S/C25H35NOSi/c1-25(2,3)21-14-9-15-22(24(21)27)28(5,6)26(4)23-19-12-7-10-17(19)16-18-11-8-13-20(18)23/h9,14-16,27H,7-8,10-13H2,1-6H3. The molecule has 2 nitrogen and oxygen atoms in total. The number of hydrogen-bond donors (Lipinski definition) is 1. The molecule has 0 saturated carbocycles. The lowest BCUT2D eigenvalue weighted by molar-refractivity contribution is 0.450. The van der Waals surface area contributed by atoms with E-state index >= 15 is 0 Å². The van der Waals surface area contributed by atoms with Gasteiger partial charge >= 0.3 is 0 Å². The number of hydrogen-bond acceptors (Lipinski definition) is 2. The van der Waals surface area contributed by atoms with Crippen molar-refractivity contribution in [3.05, 3.63) is 52.1 Å². The predicted molar refractivity (Wildman–Crippen MR) is 123 cm³/mol. The van der Waals surface area contributed by atoms with Crippen LogP contribution in [0.25, 0.3) is 0 Å². The Bertz CT molecular complexity index is 891. The lowest BCUT2D eigenvalue weighted by atomic mass is 9.86. The SMILES string of the molecule is CN(c1c2c(cc3c1CCC3)CCC2)[Si](C)(C)c1cccc(C(C)(C)C)c1O. The molecule has 0 spiro atoms. The molecule has 4 rings (SSSR count). The van der Waals surface area contributed by atoms with E-state index in [2.05, 4.69) is 69.7 Å². The van der Waals surface area contributed by atoms with Crippen LogP contribution >= 0.6 is 0 Å². The summed E-state index contributed by atoms with van der Waals surface area (Å²) in [6.45, 7) is 11.3. The molecule has 0 amide bonds. The third-order valence-corrected chi connectivity index (χ3v) is 10.7. The Labute approximate surface area is 171 Å². The van der Waals surface area contributed by atoms with E-state index in [-0.39, 0.29) is 5.41 Å². The summed E-state index contributed by atoms with van der Waals surface area (Å²) in [6, 6.07) is 8.89. The molecule has 2 aliphatic rings. The van der Waals surface area contributed by atoms with Crippen molar-refractivity contribution >= 4 is 19.1 Å². The third-order valence-electron chi connectivity index (χ3n) is 7.12. The van der Waals surface area contributed by atoms with Gasteiger partial charge in [-0.05, 0) is 91.9 Å². The van der Waals surface area contributed by atoms with Gasteiger partial charge in [0.25, 0.3) is 0 Å². The van der Waals surface area contributed by atoms with E-state index in [1.807, 2.05) is 0 Å². The normalized spacial score (nSPS) is 16.2. The second-order valence-electron chi connectivity index (χ2n) is 10.3. The summed E-state index contributed by atoms with van der Waals surface area (Å²) in [5.41, 5.74) is 8.87. The molecular weight excluding hydrogens is 358 g/mol. The van der Waals surface area contributed by atoms with Crippen LogP contribution in [-0.2, 0) is 31.1 Å². The highest BCUT2D eigenvalue weighted by atomic mass is 28.3. The van der Waals surface area contributed by atoms with Crippen molar-refractivity contribution in [3.63, 3.8) is 0 Å². The first-order valence-corrected chi connectivity index (χ1v) is 13.8. The smallest absolute Gasteiger partial charge is 0.185 e. The fourth-order valence-corrected chi connectivity index (χ4v) is 7.70. The number of para-hydroxylation sites is 1. The summed E-state index contributed by atoms with van der Waals surface area (Å²) in [6.07, 6.45) is 7.45. The van der Waals surface area contributed by atoms with Crippen LogP contribution in [0.5, 0.6) is 5.75 Å². The maximum Gasteiger partial charge on any atom is 0.185 e. The van der Waals surface area contributed by atoms with Gasteiger partial charge in [0.2, 0.25) is 0 Å². The average molecular weight is 394 g/mol. The highest BCUT2D eigenvalue weighted by Gasteiger charge is 2.37. The van der Waals surface area contributed by atoms with Crippen LogP contribution in [0, 0.1) is 0 Å². The van der Waals surface area contributed by atoms with E-state index in [4.69, 9.17) is 0 Å². The van der Waals surface area contributed by atoms with E-state index in [0.29, 0.717) is 5.75 Å². The summed E-state index contributed by atoms with van der Waals surface area (Å²) in [4.78, 5) is 0. The first-order valence-electron chi connectivity index (χ1n) is 10.9. The molecule has 0 unspecified atom stereocenters. The van der Waals surface area contributed by atoms with Crippen LogP contribution in [0.4, 0.5) is 5.69 Å². The minimum Gasteiger partial charge on any atom is -0.508 e. The van der Waals surface area contributed by atoms with Crippen LogP contribution in [-0.4, -0.2) is 20.4 Å². The molecule has 0 aromatic heterocycles. The van der Waals surface area contributed by atoms with Crippen LogP contribution in [0.1, 0.15) is 61.4 Å². The van der Waals surface area contributed by atoms with E-state index in [1.165, 1.54) is 44.2 Å². The number of nitrogens with zero attached hydrogens (tertiary/aromatic N) is 1. The fourth-order valence-electron chi connectivity index (χ4n) is 5.29. The van der Waals surface area contributed by atoms with Gasteiger partial charge in [0.05, 0.1) is 0 Å². The van der Waals surface area contributed by atoms with E-state index in [9.17, 15) is 5.11 Å². The molecule has 1 N–H and O–H groups in total. The van der Waals surface area contributed by atoms with Crippen LogP contribution in [0.2, 0.25) is 13.1 Å². The number of benzene rings is 2. The van der Waals surface area contributed by atoms with Crippen molar-refractivity contribution in [3.8, 4) is 5.75 Å². The second-order valence-corrected chi connectivity index (χ2v) is 14.6. The summed E-state index contributed by atoms with van der Waals surface area (Å²) in [5, 5.41) is 12.4. The Hall–Kier alpha value is -1.74. The molecule has 0 fully saturated rings. The highest BCUT2D eigenvalue weighted by molar-refractivity contribution is 6.93. The number of anilines is 1. The molecule has 28 heavy (non-hydrogen) atoms. The number of aryl methyl sites for hydroxylation is 2. The number of aromatic hydroxyl groups is 1. The number of phenolic OH excluding ortho intramolecular Hbond substituents is 1. The van der Waals surface area contributed by atoms with E-state index in [0.717, 1.165) is 10.8 Å². The first kappa shape index (κ1) is 19.6. The fraction of sp³-hybridized carbons (Fsp3) is 0.520. The molecule has 150 valence electrons. The maximum absolute atomic E-state index is 11.3. The van der Waals surface area contributed by atoms with Crippen LogP contribution < -0.4 is 9.75 Å². The van der Waals surface area contributed by atoms with Crippen molar-refractivity contribution in [1.82, 2.24) is 0 Å². The van der Waals surface area contributed by atoms with Crippen molar-refractivity contribution in [2.24, 2.45) is 0 Å². The lowest BCUT2D eigenvalue weighted by Crippen LogP contribution is -2.57. The summed E-state index contributed by atoms with van der Waals surface area (Å²) < 4.78 is 2.60. The predicted octanol–water partition coefficient (Wildman–Crippen LogP) is 5.22. The molecular formula is C25H35NOSi. The Balaban J connectivity index is 1.85.